The molecule has 0 radical (unpaired) electrons. The summed E-state index contributed by atoms with van der Waals surface area (Å²) in [6.07, 6.45) is 1.61. The number of nitrogens with zero attached hydrogens (tertiary/aromatic N) is 1. The molecule has 3 heteroatoms. The molecule has 0 bridgehead atoms. The van der Waals surface area contributed by atoms with E-state index in [1.54, 1.807) is 11.3 Å². The maximum absolute atomic E-state index is 12.0. The molecule has 2 aromatic rings. The number of benzene rings is 1. The summed E-state index contributed by atoms with van der Waals surface area (Å²) in [5, 5.41) is 2.10. The second kappa shape index (κ2) is 4.94. The normalized spacial score (nSPS) is 15.3. The molecular weight excluding hydrogens is 242 g/mol. The summed E-state index contributed by atoms with van der Waals surface area (Å²) in [6, 6.07) is 12.2. The van der Waals surface area contributed by atoms with Crippen molar-refractivity contribution in [3.05, 3.63) is 52.2 Å². The summed E-state index contributed by atoms with van der Waals surface area (Å²) < 4.78 is 0. The van der Waals surface area contributed by atoms with Crippen LogP contribution in [0.1, 0.15) is 28.1 Å². The SMILES string of the molecule is O=C1CCCN(Cc2cccs2)c2ccccc21. The van der Waals surface area contributed by atoms with Gasteiger partial charge in [0.2, 0.25) is 0 Å². The van der Waals surface area contributed by atoms with Gasteiger partial charge in [-0.25, -0.2) is 0 Å². The molecule has 0 amide bonds. The molecule has 1 aromatic heterocycles. The Morgan fingerprint density at radius 1 is 1.17 bits per heavy atom. The highest BCUT2D eigenvalue weighted by atomic mass is 32.1. The predicted molar refractivity (Wildman–Crippen MR) is 75.4 cm³/mol. The van der Waals surface area contributed by atoms with E-state index in [1.807, 2.05) is 18.2 Å². The smallest absolute Gasteiger partial charge is 0.165 e. The highest BCUT2D eigenvalue weighted by Crippen LogP contribution is 2.28. The maximum atomic E-state index is 12.0. The molecule has 3 rings (SSSR count). The van der Waals surface area contributed by atoms with Gasteiger partial charge in [0, 0.05) is 29.1 Å². The van der Waals surface area contributed by atoms with Gasteiger partial charge in [-0.3, -0.25) is 4.79 Å². The molecule has 0 fully saturated rings. The lowest BCUT2D eigenvalue weighted by Gasteiger charge is -2.23. The molecule has 2 nitrogen and oxygen atoms in total. The van der Waals surface area contributed by atoms with Gasteiger partial charge < -0.3 is 4.90 Å². The molecular formula is C15H15NOS. The van der Waals surface area contributed by atoms with Crippen LogP contribution in [0.3, 0.4) is 0 Å². The van der Waals surface area contributed by atoms with Crippen LogP contribution in [0, 0.1) is 0 Å². The standard InChI is InChI=1S/C15H15NOS/c17-15-8-3-9-16(11-12-5-4-10-18-12)14-7-2-1-6-13(14)15/h1-2,4-7,10H,3,8-9,11H2. The Morgan fingerprint density at radius 3 is 2.89 bits per heavy atom. The summed E-state index contributed by atoms with van der Waals surface area (Å²) in [7, 11) is 0. The fraction of sp³-hybridized carbons (Fsp3) is 0.267. The van der Waals surface area contributed by atoms with Crippen molar-refractivity contribution in [1.82, 2.24) is 0 Å². The molecule has 0 atom stereocenters. The molecule has 0 aliphatic carbocycles. The first kappa shape index (κ1) is 11.5. The lowest BCUT2D eigenvalue weighted by molar-refractivity contribution is 0.0984. The van der Waals surface area contributed by atoms with Crippen LogP contribution in [0.4, 0.5) is 5.69 Å². The number of carbonyl (C=O) groups excluding carboxylic acids is 1. The van der Waals surface area contributed by atoms with Crippen molar-refractivity contribution < 1.29 is 4.79 Å². The average Bonchev–Trinajstić information content (AvgIpc) is 2.85. The molecule has 0 unspecified atom stereocenters. The lowest BCUT2D eigenvalue weighted by atomic mass is 10.1. The third-order valence-electron chi connectivity index (χ3n) is 3.30. The minimum Gasteiger partial charge on any atom is -0.366 e. The second-order valence-electron chi connectivity index (χ2n) is 4.54. The van der Waals surface area contributed by atoms with E-state index in [1.165, 1.54) is 4.88 Å². The molecule has 0 spiro atoms. The van der Waals surface area contributed by atoms with Gasteiger partial charge in [-0.05, 0) is 30.0 Å². The zero-order chi connectivity index (χ0) is 12.4. The van der Waals surface area contributed by atoms with Gasteiger partial charge in [0.1, 0.15) is 0 Å². The van der Waals surface area contributed by atoms with Gasteiger partial charge in [0.15, 0.2) is 5.78 Å². The van der Waals surface area contributed by atoms with E-state index in [0.29, 0.717) is 6.42 Å². The number of rotatable bonds is 2. The number of Topliss-reactive ketones (excluding diaryl/α,β-unsaturated/α-hetero) is 1. The van der Waals surface area contributed by atoms with E-state index in [9.17, 15) is 4.79 Å². The number of fused-ring (bicyclic) bond motifs is 1. The average molecular weight is 257 g/mol. The Balaban J connectivity index is 1.95. The molecule has 18 heavy (non-hydrogen) atoms. The summed E-state index contributed by atoms with van der Waals surface area (Å²) in [5.41, 5.74) is 1.97. The van der Waals surface area contributed by atoms with Crippen LogP contribution in [0.15, 0.2) is 41.8 Å². The van der Waals surface area contributed by atoms with Crippen LogP contribution in [0.2, 0.25) is 0 Å². The van der Waals surface area contributed by atoms with Gasteiger partial charge in [0.25, 0.3) is 0 Å². The molecule has 0 N–H and O–H groups in total. The van der Waals surface area contributed by atoms with Crippen molar-refractivity contribution in [2.24, 2.45) is 0 Å². The Kier molecular flexibility index (Phi) is 3.15. The van der Waals surface area contributed by atoms with Crippen LogP contribution in [0.25, 0.3) is 0 Å². The Labute approximate surface area is 111 Å². The monoisotopic (exact) mass is 257 g/mol. The zero-order valence-electron chi connectivity index (χ0n) is 10.1. The molecule has 1 aliphatic heterocycles. The van der Waals surface area contributed by atoms with Gasteiger partial charge in [-0.15, -0.1) is 11.3 Å². The molecule has 1 aliphatic rings. The quantitative estimate of drug-likeness (QED) is 0.817. The van der Waals surface area contributed by atoms with Crippen molar-refractivity contribution in [3.8, 4) is 0 Å². The molecule has 2 heterocycles. The third-order valence-corrected chi connectivity index (χ3v) is 4.16. The van der Waals surface area contributed by atoms with Crippen LogP contribution in [-0.2, 0) is 6.54 Å². The van der Waals surface area contributed by atoms with E-state index in [4.69, 9.17) is 0 Å². The Bertz CT molecular complexity index is 547. The highest BCUT2D eigenvalue weighted by Gasteiger charge is 2.20. The minimum absolute atomic E-state index is 0.277. The number of anilines is 1. The van der Waals surface area contributed by atoms with Gasteiger partial charge in [-0.2, -0.15) is 0 Å². The number of hydrogen-bond donors (Lipinski definition) is 0. The van der Waals surface area contributed by atoms with Gasteiger partial charge in [0.05, 0.1) is 6.54 Å². The van der Waals surface area contributed by atoms with Crippen molar-refractivity contribution in [3.63, 3.8) is 0 Å². The minimum atomic E-state index is 0.277. The van der Waals surface area contributed by atoms with E-state index >= 15 is 0 Å². The summed E-state index contributed by atoms with van der Waals surface area (Å²) in [4.78, 5) is 15.7. The topological polar surface area (TPSA) is 20.3 Å². The second-order valence-corrected chi connectivity index (χ2v) is 5.58. The number of hydrogen-bond acceptors (Lipinski definition) is 3. The van der Waals surface area contributed by atoms with E-state index < -0.39 is 0 Å². The van der Waals surface area contributed by atoms with Gasteiger partial charge >= 0.3 is 0 Å². The first-order chi connectivity index (χ1) is 8.84. The Morgan fingerprint density at radius 2 is 2.06 bits per heavy atom. The fourth-order valence-corrected chi connectivity index (χ4v) is 3.15. The maximum Gasteiger partial charge on any atom is 0.165 e. The van der Waals surface area contributed by atoms with Crippen molar-refractivity contribution in [1.29, 1.82) is 0 Å². The first-order valence-electron chi connectivity index (χ1n) is 6.24. The Hall–Kier alpha value is -1.61. The molecule has 0 saturated carbocycles. The molecule has 1 aromatic carbocycles. The van der Waals surface area contributed by atoms with Gasteiger partial charge in [-0.1, -0.05) is 18.2 Å². The number of para-hydroxylation sites is 1. The molecule has 92 valence electrons. The lowest BCUT2D eigenvalue weighted by Crippen LogP contribution is -2.22. The van der Waals surface area contributed by atoms with Crippen LogP contribution in [0.5, 0.6) is 0 Å². The van der Waals surface area contributed by atoms with Crippen LogP contribution >= 0.6 is 11.3 Å². The van der Waals surface area contributed by atoms with Crippen molar-refractivity contribution in [2.45, 2.75) is 19.4 Å². The predicted octanol–water partition coefficient (Wildman–Crippen LogP) is 3.73. The molecule has 0 saturated heterocycles. The number of thiophene rings is 1. The summed E-state index contributed by atoms with van der Waals surface area (Å²) in [6.45, 7) is 1.86. The van der Waals surface area contributed by atoms with Crippen LogP contribution in [-0.4, -0.2) is 12.3 Å². The largest absolute Gasteiger partial charge is 0.366 e. The van der Waals surface area contributed by atoms with E-state index in [0.717, 1.165) is 30.8 Å². The number of ketones is 1. The number of carbonyl (C=O) groups is 1. The third kappa shape index (κ3) is 2.18. The first-order valence-corrected chi connectivity index (χ1v) is 7.12. The van der Waals surface area contributed by atoms with E-state index in [2.05, 4.69) is 28.5 Å². The zero-order valence-corrected chi connectivity index (χ0v) is 11.0. The van der Waals surface area contributed by atoms with Crippen molar-refractivity contribution in [2.75, 3.05) is 11.4 Å². The van der Waals surface area contributed by atoms with Crippen LogP contribution < -0.4 is 4.90 Å². The van der Waals surface area contributed by atoms with Crippen molar-refractivity contribution >= 4 is 22.8 Å². The van der Waals surface area contributed by atoms with E-state index in [-0.39, 0.29) is 5.78 Å². The highest BCUT2D eigenvalue weighted by molar-refractivity contribution is 7.09. The summed E-state index contributed by atoms with van der Waals surface area (Å²) in [5.74, 6) is 0.277. The summed E-state index contributed by atoms with van der Waals surface area (Å²) >= 11 is 1.77. The fourth-order valence-electron chi connectivity index (χ4n) is 2.43.